The zero-order valence-corrected chi connectivity index (χ0v) is 15.8. The van der Waals surface area contributed by atoms with Gasteiger partial charge in [-0.05, 0) is 18.6 Å². The molecule has 0 atom stereocenters. The molecule has 1 N–H and O–H groups in total. The molecular formula is C15H22N2OSZn. The number of amides is 1. The molecule has 20 heavy (non-hydrogen) atoms. The van der Waals surface area contributed by atoms with Gasteiger partial charge in [0.15, 0.2) is 0 Å². The van der Waals surface area contributed by atoms with Crippen molar-refractivity contribution in [2.45, 2.75) is 32.1 Å². The fraction of sp³-hybridized carbons (Fsp3) is 0.533. The summed E-state index contributed by atoms with van der Waals surface area (Å²) in [7, 11) is 0. The summed E-state index contributed by atoms with van der Waals surface area (Å²) in [6.07, 6.45) is 4.87. The number of carbonyl (C=O) groups is 1. The van der Waals surface area contributed by atoms with E-state index in [-0.39, 0.29) is 25.4 Å². The predicted octanol–water partition coefficient (Wildman–Crippen LogP) is 3.49. The first-order valence-electron chi connectivity index (χ1n) is 6.89. The van der Waals surface area contributed by atoms with Crippen LogP contribution < -0.4 is 5.32 Å². The molecule has 0 unspecified atom stereocenters. The van der Waals surface area contributed by atoms with Gasteiger partial charge in [-0.3, -0.25) is 4.79 Å². The molecule has 0 aliphatic rings. The standard InChI is InChI=1S/C15H23N2OS.Zn/c18-15(17-14-8-4-3-5-9-14)10-6-1-2-7-11-16-12-13-19;/h3-5,8-9,19H,1-2,6-7,10-13H2,(H,17,18);/q-1;+2/p-1. The van der Waals surface area contributed by atoms with Crippen LogP contribution in [-0.4, -0.2) is 24.7 Å². The molecule has 0 bridgehead atoms. The van der Waals surface area contributed by atoms with Crippen molar-refractivity contribution in [1.82, 2.24) is 0 Å². The van der Waals surface area contributed by atoms with Crippen molar-refractivity contribution in [2.24, 2.45) is 0 Å². The van der Waals surface area contributed by atoms with Gasteiger partial charge >= 0.3 is 19.5 Å². The van der Waals surface area contributed by atoms with Crippen molar-refractivity contribution in [3.05, 3.63) is 35.6 Å². The number of hydrogen-bond acceptors (Lipinski definition) is 2. The summed E-state index contributed by atoms with van der Waals surface area (Å²) < 4.78 is 0. The fourth-order valence-corrected chi connectivity index (χ4v) is 1.91. The van der Waals surface area contributed by atoms with Crippen LogP contribution in [0.1, 0.15) is 32.1 Å². The molecule has 0 aromatic heterocycles. The van der Waals surface area contributed by atoms with Crippen molar-refractivity contribution in [2.75, 3.05) is 24.2 Å². The van der Waals surface area contributed by atoms with Gasteiger partial charge < -0.3 is 23.3 Å². The first-order valence-corrected chi connectivity index (χ1v) is 7.47. The zero-order valence-electron chi connectivity index (χ0n) is 12.0. The third kappa shape index (κ3) is 10.4. The van der Waals surface area contributed by atoms with E-state index < -0.39 is 0 Å². The van der Waals surface area contributed by atoms with E-state index in [0.29, 0.717) is 6.42 Å². The number of para-hydroxylation sites is 1. The van der Waals surface area contributed by atoms with Gasteiger partial charge in [0.1, 0.15) is 0 Å². The summed E-state index contributed by atoms with van der Waals surface area (Å²) in [5.41, 5.74) is 0.871. The van der Waals surface area contributed by atoms with E-state index in [2.05, 4.69) is 10.6 Å². The van der Waals surface area contributed by atoms with E-state index in [0.717, 1.165) is 50.2 Å². The second-order valence-corrected chi connectivity index (χ2v) is 4.86. The number of rotatable bonds is 10. The average Bonchev–Trinajstić information content (AvgIpc) is 2.43. The molecule has 1 aromatic carbocycles. The third-order valence-electron chi connectivity index (χ3n) is 2.78. The Balaban J connectivity index is 0.00000361. The molecule has 106 valence electrons. The van der Waals surface area contributed by atoms with E-state index in [1.165, 1.54) is 0 Å². The van der Waals surface area contributed by atoms with Gasteiger partial charge in [-0.2, -0.15) is 12.3 Å². The van der Waals surface area contributed by atoms with E-state index in [1.807, 2.05) is 30.3 Å². The Morgan fingerprint density at radius 2 is 1.75 bits per heavy atom. The molecule has 1 amide bonds. The number of unbranched alkanes of at least 4 members (excludes halogenated alkanes) is 3. The molecule has 0 saturated carbocycles. The Morgan fingerprint density at radius 1 is 1.05 bits per heavy atom. The third-order valence-corrected chi connectivity index (χ3v) is 2.96. The van der Waals surface area contributed by atoms with Crippen LogP contribution in [0.3, 0.4) is 0 Å². The Morgan fingerprint density at radius 3 is 2.45 bits per heavy atom. The maximum absolute atomic E-state index is 11.6. The molecule has 0 heterocycles. The Bertz CT molecular complexity index is 349. The first-order chi connectivity index (χ1) is 9.33. The van der Waals surface area contributed by atoms with Gasteiger partial charge in [0.2, 0.25) is 5.91 Å². The number of anilines is 1. The van der Waals surface area contributed by atoms with Crippen molar-refractivity contribution in [3.63, 3.8) is 0 Å². The smallest absolute Gasteiger partial charge is 0.794 e. The van der Waals surface area contributed by atoms with Crippen LogP contribution in [0.4, 0.5) is 5.69 Å². The minimum atomic E-state index is 0. The van der Waals surface area contributed by atoms with Crippen LogP contribution in [0.25, 0.3) is 5.32 Å². The minimum Gasteiger partial charge on any atom is -0.794 e. The maximum atomic E-state index is 11.6. The number of nitrogens with one attached hydrogen (secondary N) is 1. The van der Waals surface area contributed by atoms with Gasteiger partial charge in [0, 0.05) is 12.1 Å². The van der Waals surface area contributed by atoms with Crippen molar-refractivity contribution < 1.29 is 24.3 Å². The second-order valence-electron chi connectivity index (χ2n) is 4.45. The van der Waals surface area contributed by atoms with Crippen molar-refractivity contribution in [1.29, 1.82) is 0 Å². The van der Waals surface area contributed by atoms with Crippen molar-refractivity contribution in [3.8, 4) is 0 Å². The normalized spacial score (nSPS) is 9.85. The van der Waals surface area contributed by atoms with Crippen LogP contribution in [0.5, 0.6) is 0 Å². The summed E-state index contributed by atoms with van der Waals surface area (Å²) >= 11 is 4.82. The summed E-state index contributed by atoms with van der Waals surface area (Å²) in [5.74, 6) is 0.821. The van der Waals surface area contributed by atoms with Crippen LogP contribution in [0, 0.1) is 0 Å². The molecule has 3 nitrogen and oxygen atoms in total. The maximum Gasteiger partial charge on any atom is 2.00 e. The van der Waals surface area contributed by atoms with Crippen LogP contribution in [-0.2, 0) is 36.9 Å². The molecule has 5 heteroatoms. The van der Waals surface area contributed by atoms with Gasteiger partial charge in [-0.1, -0.05) is 37.5 Å². The number of benzene rings is 1. The molecule has 0 radical (unpaired) electrons. The summed E-state index contributed by atoms with van der Waals surface area (Å²) in [4.78, 5) is 11.6. The Kier molecular flexibility index (Phi) is 13.3. The monoisotopic (exact) mass is 342 g/mol. The van der Waals surface area contributed by atoms with E-state index in [4.69, 9.17) is 12.6 Å². The number of carbonyl (C=O) groups excluding carboxylic acids is 1. The van der Waals surface area contributed by atoms with Gasteiger partial charge in [0.05, 0.1) is 0 Å². The van der Waals surface area contributed by atoms with Crippen LogP contribution in [0.2, 0.25) is 0 Å². The second kappa shape index (κ2) is 13.6. The largest absolute Gasteiger partial charge is 2.00 e. The minimum absolute atomic E-state index is 0. The summed E-state index contributed by atoms with van der Waals surface area (Å²) in [6, 6.07) is 9.58. The quantitative estimate of drug-likeness (QED) is 0.401. The van der Waals surface area contributed by atoms with Gasteiger partial charge in [-0.25, -0.2) is 0 Å². The molecule has 0 fully saturated rings. The van der Waals surface area contributed by atoms with Gasteiger partial charge in [0.25, 0.3) is 0 Å². The molecule has 1 aromatic rings. The summed E-state index contributed by atoms with van der Waals surface area (Å²) in [5, 5.41) is 7.19. The molecule has 0 saturated heterocycles. The first kappa shape index (κ1) is 19.6. The molecule has 1 rings (SSSR count). The van der Waals surface area contributed by atoms with Crippen LogP contribution in [0.15, 0.2) is 30.3 Å². The van der Waals surface area contributed by atoms with E-state index >= 15 is 0 Å². The van der Waals surface area contributed by atoms with Crippen LogP contribution >= 0.6 is 0 Å². The molecule has 0 aliphatic heterocycles. The zero-order chi connectivity index (χ0) is 13.8. The Hall–Kier alpha value is -0.377. The van der Waals surface area contributed by atoms with E-state index in [9.17, 15) is 4.79 Å². The SMILES string of the molecule is O=C(CCCCCC[N-]CC[S-])Nc1ccccc1.[Zn+2]. The molecule has 0 spiro atoms. The van der Waals surface area contributed by atoms with Crippen molar-refractivity contribution >= 4 is 24.2 Å². The molecule has 0 aliphatic carbocycles. The molecular weight excluding hydrogens is 322 g/mol. The topological polar surface area (TPSA) is 43.2 Å². The number of nitrogens with zero attached hydrogens (tertiary/aromatic N) is 1. The van der Waals surface area contributed by atoms with Gasteiger partial charge in [-0.15, -0.1) is 6.54 Å². The predicted molar refractivity (Wildman–Crippen MR) is 83.5 cm³/mol. The Labute approximate surface area is 140 Å². The average molecular weight is 344 g/mol. The van der Waals surface area contributed by atoms with E-state index in [1.54, 1.807) is 0 Å². The fourth-order valence-electron chi connectivity index (χ4n) is 1.78. The summed E-state index contributed by atoms with van der Waals surface area (Å²) in [6.45, 7) is 1.71. The number of hydrogen-bond donors (Lipinski definition) is 1.